The van der Waals surface area contributed by atoms with Gasteiger partial charge in [0, 0.05) is 10.0 Å². The van der Waals surface area contributed by atoms with Crippen LogP contribution in [0.3, 0.4) is 0 Å². The van der Waals surface area contributed by atoms with Crippen molar-refractivity contribution in [3.05, 3.63) is 56.5 Å². The zero-order chi connectivity index (χ0) is 19.3. The zero-order valence-electron chi connectivity index (χ0n) is 13.1. The summed E-state index contributed by atoms with van der Waals surface area (Å²) in [6.45, 7) is 0. The molecule has 0 aliphatic rings. The number of aromatic nitrogens is 4. The summed E-state index contributed by atoms with van der Waals surface area (Å²) >= 11 is 14.9. The number of hydrogen-bond donors (Lipinski definition) is 2. The van der Waals surface area contributed by atoms with Gasteiger partial charge in [0.25, 0.3) is 0 Å². The van der Waals surface area contributed by atoms with Crippen molar-refractivity contribution in [2.45, 2.75) is 6.18 Å². The van der Waals surface area contributed by atoms with E-state index in [1.165, 1.54) is 6.07 Å². The highest BCUT2D eigenvalue weighted by molar-refractivity contribution is 9.10. The van der Waals surface area contributed by atoms with E-state index in [1.807, 2.05) is 0 Å². The van der Waals surface area contributed by atoms with Crippen molar-refractivity contribution in [3.8, 4) is 22.8 Å². The second-order valence-corrected chi connectivity index (χ2v) is 7.40. The van der Waals surface area contributed by atoms with E-state index in [0.29, 0.717) is 32.8 Å². The number of halogens is 6. The fraction of sp³-hybridized carbons (Fsp3) is 0.0588. The highest BCUT2D eigenvalue weighted by atomic mass is 79.9. The number of aromatic amines is 2. The Bertz CT molecular complexity index is 1170. The first-order valence-electron chi connectivity index (χ1n) is 7.50. The standard InChI is InChI=1S/C17H8BrCl2F3N4/c18-9-5-14-13(4-8(9)17(21,22)23)24-16(25-14)15-6-12(26-27-15)7-1-2-10(19)11(20)3-7/h1-6H,(H,24,25)(H,26,27). The van der Waals surface area contributed by atoms with Crippen molar-refractivity contribution >= 4 is 50.2 Å². The second kappa shape index (κ2) is 6.54. The molecule has 0 saturated heterocycles. The molecule has 138 valence electrons. The fourth-order valence-electron chi connectivity index (χ4n) is 2.62. The zero-order valence-corrected chi connectivity index (χ0v) is 16.2. The molecule has 0 saturated carbocycles. The Labute approximate surface area is 168 Å². The van der Waals surface area contributed by atoms with E-state index < -0.39 is 11.7 Å². The predicted octanol–water partition coefficient (Wildman–Crippen LogP) is 6.71. The largest absolute Gasteiger partial charge is 0.417 e. The Kier molecular flexibility index (Phi) is 4.44. The molecule has 2 aromatic carbocycles. The van der Waals surface area contributed by atoms with Gasteiger partial charge in [0.1, 0.15) is 5.69 Å². The van der Waals surface area contributed by atoms with Gasteiger partial charge in [0.15, 0.2) is 5.82 Å². The summed E-state index contributed by atoms with van der Waals surface area (Å²) in [6.07, 6.45) is -4.46. The topological polar surface area (TPSA) is 57.4 Å². The quantitative estimate of drug-likeness (QED) is 0.338. The maximum absolute atomic E-state index is 13.1. The molecular weight excluding hydrogens is 468 g/mol. The van der Waals surface area contributed by atoms with Crippen molar-refractivity contribution < 1.29 is 13.2 Å². The molecule has 0 spiro atoms. The lowest BCUT2D eigenvalue weighted by atomic mass is 10.1. The number of alkyl halides is 3. The first-order chi connectivity index (χ1) is 12.7. The van der Waals surface area contributed by atoms with Crippen LogP contribution in [0, 0.1) is 0 Å². The van der Waals surface area contributed by atoms with Crippen LogP contribution in [-0.2, 0) is 6.18 Å². The summed E-state index contributed by atoms with van der Waals surface area (Å²) in [6, 6.07) is 9.16. The number of hydrogen-bond acceptors (Lipinski definition) is 2. The van der Waals surface area contributed by atoms with Gasteiger partial charge >= 0.3 is 6.18 Å². The van der Waals surface area contributed by atoms with Crippen LogP contribution in [0.5, 0.6) is 0 Å². The van der Waals surface area contributed by atoms with Gasteiger partial charge in [-0.05, 0) is 30.3 Å². The van der Waals surface area contributed by atoms with E-state index in [1.54, 1.807) is 24.3 Å². The Hall–Kier alpha value is -2.03. The summed E-state index contributed by atoms with van der Waals surface area (Å²) in [5.41, 5.74) is 1.76. The molecule has 2 heterocycles. The lowest BCUT2D eigenvalue weighted by Crippen LogP contribution is -2.05. The maximum atomic E-state index is 13.1. The van der Waals surface area contributed by atoms with Gasteiger partial charge in [-0.15, -0.1) is 0 Å². The molecule has 4 nitrogen and oxygen atoms in total. The van der Waals surface area contributed by atoms with Gasteiger partial charge in [-0.3, -0.25) is 5.10 Å². The first-order valence-corrected chi connectivity index (χ1v) is 9.05. The molecular formula is C17H8BrCl2F3N4. The highest BCUT2D eigenvalue weighted by Crippen LogP contribution is 2.37. The Morgan fingerprint density at radius 1 is 1.00 bits per heavy atom. The predicted molar refractivity (Wildman–Crippen MR) is 102 cm³/mol. The lowest BCUT2D eigenvalue weighted by molar-refractivity contribution is -0.138. The molecule has 2 aromatic heterocycles. The van der Waals surface area contributed by atoms with E-state index in [0.717, 1.165) is 11.6 Å². The van der Waals surface area contributed by atoms with Crippen LogP contribution in [0.4, 0.5) is 13.2 Å². The van der Waals surface area contributed by atoms with Crippen molar-refractivity contribution in [1.29, 1.82) is 0 Å². The fourth-order valence-corrected chi connectivity index (χ4v) is 3.48. The van der Waals surface area contributed by atoms with E-state index in [4.69, 9.17) is 23.2 Å². The van der Waals surface area contributed by atoms with Crippen molar-refractivity contribution in [3.63, 3.8) is 0 Å². The van der Waals surface area contributed by atoms with Crippen molar-refractivity contribution in [2.75, 3.05) is 0 Å². The third kappa shape index (κ3) is 3.44. The molecule has 0 bridgehead atoms. The lowest BCUT2D eigenvalue weighted by Gasteiger charge is -2.08. The van der Waals surface area contributed by atoms with E-state index in [9.17, 15) is 13.2 Å². The maximum Gasteiger partial charge on any atom is 0.417 e. The van der Waals surface area contributed by atoms with Crippen LogP contribution in [0.25, 0.3) is 33.8 Å². The molecule has 4 rings (SSSR count). The summed E-state index contributed by atoms with van der Waals surface area (Å²) in [7, 11) is 0. The highest BCUT2D eigenvalue weighted by Gasteiger charge is 2.33. The van der Waals surface area contributed by atoms with Gasteiger partial charge in [-0.1, -0.05) is 45.2 Å². The van der Waals surface area contributed by atoms with Crippen LogP contribution in [0.1, 0.15) is 5.56 Å². The molecule has 2 N–H and O–H groups in total. The number of nitrogens with zero attached hydrogens (tertiary/aromatic N) is 2. The van der Waals surface area contributed by atoms with Gasteiger partial charge in [0.05, 0.1) is 32.3 Å². The molecule has 0 radical (unpaired) electrons. The molecule has 27 heavy (non-hydrogen) atoms. The summed E-state index contributed by atoms with van der Waals surface area (Å²) in [5, 5.41) is 7.85. The van der Waals surface area contributed by atoms with Crippen molar-refractivity contribution in [2.24, 2.45) is 0 Å². The third-order valence-corrected chi connectivity index (χ3v) is 5.32. The molecule has 0 amide bonds. The smallest absolute Gasteiger partial charge is 0.337 e. The number of benzene rings is 2. The minimum absolute atomic E-state index is 0.0679. The van der Waals surface area contributed by atoms with Crippen LogP contribution in [0.15, 0.2) is 40.9 Å². The third-order valence-electron chi connectivity index (χ3n) is 3.92. The van der Waals surface area contributed by atoms with E-state index in [-0.39, 0.29) is 9.99 Å². The number of fused-ring (bicyclic) bond motifs is 1. The Balaban J connectivity index is 1.75. The second-order valence-electron chi connectivity index (χ2n) is 5.73. The van der Waals surface area contributed by atoms with E-state index in [2.05, 4.69) is 36.1 Å². The van der Waals surface area contributed by atoms with Crippen LogP contribution in [0.2, 0.25) is 10.0 Å². The summed E-state index contributed by atoms with van der Waals surface area (Å²) < 4.78 is 39.1. The number of rotatable bonds is 2. The Morgan fingerprint density at radius 2 is 1.78 bits per heavy atom. The Morgan fingerprint density at radius 3 is 2.48 bits per heavy atom. The minimum atomic E-state index is -4.46. The monoisotopic (exact) mass is 474 g/mol. The molecule has 0 atom stereocenters. The SMILES string of the molecule is FC(F)(F)c1cc2[nH]c(-c3cc(-c4ccc(Cl)c(Cl)c4)n[nH]3)nc2cc1Br. The minimum Gasteiger partial charge on any atom is -0.337 e. The summed E-state index contributed by atoms with van der Waals surface area (Å²) in [4.78, 5) is 7.22. The molecule has 0 aliphatic heterocycles. The number of H-pyrrole nitrogens is 2. The van der Waals surface area contributed by atoms with Crippen molar-refractivity contribution in [1.82, 2.24) is 20.2 Å². The van der Waals surface area contributed by atoms with E-state index >= 15 is 0 Å². The van der Waals surface area contributed by atoms with Gasteiger partial charge in [-0.2, -0.15) is 18.3 Å². The van der Waals surface area contributed by atoms with Crippen LogP contribution >= 0.6 is 39.1 Å². The average molecular weight is 476 g/mol. The molecule has 4 aromatic rings. The molecule has 0 aliphatic carbocycles. The van der Waals surface area contributed by atoms with Gasteiger partial charge in [0.2, 0.25) is 0 Å². The van der Waals surface area contributed by atoms with Gasteiger partial charge < -0.3 is 4.98 Å². The summed E-state index contributed by atoms with van der Waals surface area (Å²) in [5.74, 6) is 0.370. The first kappa shape index (κ1) is 18.3. The van der Waals surface area contributed by atoms with Crippen LogP contribution < -0.4 is 0 Å². The molecule has 0 fully saturated rings. The van der Waals surface area contributed by atoms with Gasteiger partial charge in [-0.25, -0.2) is 4.98 Å². The number of nitrogens with one attached hydrogen (secondary N) is 2. The average Bonchev–Trinajstić information content (AvgIpc) is 3.21. The molecule has 0 unspecified atom stereocenters. The van der Waals surface area contributed by atoms with Crippen LogP contribution in [-0.4, -0.2) is 20.2 Å². The normalized spacial score (nSPS) is 12.1. The number of imidazole rings is 1. The molecule has 10 heteroatoms.